The Labute approximate surface area is 202 Å². The van der Waals surface area contributed by atoms with Crippen LogP contribution in [-0.2, 0) is 20.8 Å². The minimum absolute atomic E-state index is 0.0976. The third-order valence-corrected chi connectivity index (χ3v) is 5.95. The summed E-state index contributed by atoms with van der Waals surface area (Å²) < 4.78 is 11.8. The topological polar surface area (TPSA) is 136 Å². The lowest BCUT2D eigenvalue weighted by atomic mass is 9.86. The van der Waals surface area contributed by atoms with Crippen LogP contribution in [0.5, 0.6) is 11.5 Å². The van der Waals surface area contributed by atoms with Crippen LogP contribution in [-0.4, -0.2) is 59.9 Å². The zero-order valence-electron chi connectivity index (χ0n) is 20.0. The van der Waals surface area contributed by atoms with Gasteiger partial charge in [0.05, 0.1) is 25.8 Å². The molecule has 11 nitrogen and oxygen atoms in total. The second-order valence-corrected chi connectivity index (χ2v) is 8.38. The number of nitrogens with one attached hydrogen (secondary N) is 2. The summed E-state index contributed by atoms with van der Waals surface area (Å²) >= 11 is 0. The summed E-state index contributed by atoms with van der Waals surface area (Å²) in [5.74, 6) is -0.652. The van der Waals surface area contributed by atoms with Gasteiger partial charge in [-0.05, 0) is 50.3 Å². The number of carbonyl (C=O) groups excluding carboxylic acids is 3. The average Bonchev–Trinajstić information content (AvgIpc) is 3.23. The van der Waals surface area contributed by atoms with Gasteiger partial charge in [0.2, 0.25) is 0 Å². The highest BCUT2D eigenvalue weighted by molar-refractivity contribution is 6.39. The predicted octanol–water partition coefficient (Wildman–Crippen LogP) is 1.88. The maximum absolute atomic E-state index is 12.5. The van der Waals surface area contributed by atoms with E-state index in [0.717, 1.165) is 37.0 Å². The number of methoxy groups -OCH3 is 2. The van der Waals surface area contributed by atoms with Crippen LogP contribution in [0, 0.1) is 12.8 Å². The van der Waals surface area contributed by atoms with Gasteiger partial charge in [-0.25, -0.2) is 4.99 Å². The highest BCUT2D eigenvalue weighted by atomic mass is 16.5. The average molecular weight is 481 g/mol. The molecule has 2 aromatic rings. The van der Waals surface area contributed by atoms with Crippen LogP contribution in [0.2, 0.25) is 0 Å². The van der Waals surface area contributed by atoms with Crippen LogP contribution >= 0.6 is 0 Å². The SMILES string of the molecule is COc1ccc(CCNC(=O)C(=O)Nc2cc(C)nn2C2=NC(=O)C3CCCCC3=N2)cc1OC. The van der Waals surface area contributed by atoms with E-state index in [4.69, 9.17) is 9.47 Å². The van der Waals surface area contributed by atoms with Gasteiger partial charge in [-0.1, -0.05) is 12.5 Å². The molecule has 1 fully saturated rings. The lowest BCUT2D eigenvalue weighted by molar-refractivity contribution is -0.136. The number of carbonyl (C=O) groups is 3. The molecule has 0 bridgehead atoms. The van der Waals surface area contributed by atoms with E-state index in [1.54, 1.807) is 33.3 Å². The third-order valence-electron chi connectivity index (χ3n) is 5.95. The molecule has 3 amide bonds. The van der Waals surface area contributed by atoms with E-state index in [0.29, 0.717) is 23.6 Å². The van der Waals surface area contributed by atoms with Crippen molar-refractivity contribution in [1.29, 1.82) is 0 Å². The van der Waals surface area contributed by atoms with Crippen LogP contribution in [0.25, 0.3) is 0 Å². The normalized spacial score (nSPS) is 17.1. The molecular formula is C24H28N6O5. The first-order valence-electron chi connectivity index (χ1n) is 11.5. The van der Waals surface area contributed by atoms with Crippen LogP contribution in [0.4, 0.5) is 5.82 Å². The van der Waals surface area contributed by atoms with Gasteiger partial charge < -0.3 is 20.1 Å². The molecule has 2 heterocycles. The van der Waals surface area contributed by atoms with Gasteiger partial charge in [-0.3, -0.25) is 14.4 Å². The quantitative estimate of drug-likeness (QED) is 0.606. The number of ether oxygens (including phenoxy) is 2. The zero-order chi connectivity index (χ0) is 24.9. The maximum atomic E-state index is 12.5. The van der Waals surface area contributed by atoms with Gasteiger partial charge in [0.1, 0.15) is 5.82 Å². The Balaban J connectivity index is 1.39. The Hall–Kier alpha value is -4.02. The highest BCUT2D eigenvalue weighted by Crippen LogP contribution is 2.28. The summed E-state index contributed by atoms with van der Waals surface area (Å²) in [6, 6.07) is 7.05. The standard InChI is InChI=1S/C24H28N6O5/c1-14-12-20(30(29-14)24-26-17-7-5-4-6-16(17)21(31)28-24)27-23(33)22(32)25-11-10-15-8-9-18(34-2)19(13-15)35-3/h8-9,12-13,16H,4-7,10-11H2,1-3H3,(H,25,32)(H,27,33). The first-order valence-corrected chi connectivity index (χ1v) is 11.5. The van der Waals surface area contributed by atoms with Crippen LogP contribution in [0.15, 0.2) is 34.3 Å². The van der Waals surface area contributed by atoms with Gasteiger partial charge in [-0.2, -0.15) is 14.8 Å². The van der Waals surface area contributed by atoms with Gasteiger partial charge in [0, 0.05) is 18.3 Å². The van der Waals surface area contributed by atoms with Gasteiger partial charge in [0.15, 0.2) is 11.5 Å². The summed E-state index contributed by atoms with van der Waals surface area (Å²) in [5.41, 5.74) is 2.29. The number of fused-ring (bicyclic) bond motifs is 1. The van der Waals surface area contributed by atoms with Crippen molar-refractivity contribution in [2.45, 2.75) is 39.0 Å². The Morgan fingerprint density at radius 1 is 1.09 bits per heavy atom. The summed E-state index contributed by atoms with van der Waals surface area (Å²) in [5, 5.41) is 9.46. The Morgan fingerprint density at radius 3 is 2.66 bits per heavy atom. The molecule has 1 atom stereocenters. The molecule has 1 aromatic carbocycles. The van der Waals surface area contributed by atoms with Crippen LogP contribution in [0.3, 0.4) is 0 Å². The molecule has 184 valence electrons. The molecule has 1 aromatic heterocycles. The van der Waals surface area contributed by atoms with E-state index in [1.165, 1.54) is 4.68 Å². The third kappa shape index (κ3) is 5.39. The number of aryl methyl sites for hydroxylation is 1. The molecule has 2 aliphatic rings. The smallest absolute Gasteiger partial charge is 0.314 e. The van der Waals surface area contributed by atoms with E-state index < -0.39 is 11.8 Å². The molecule has 0 radical (unpaired) electrons. The summed E-state index contributed by atoms with van der Waals surface area (Å²) in [4.78, 5) is 46.0. The zero-order valence-corrected chi connectivity index (χ0v) is 20.0. The summed E-state index contributed by atoms with van der Waals surface area (Å²) in [7, 11) is 3.11. The van der Waals surface area contributed by atoms with Gasteiger partial charge >= 0.3 is 11.8 Å². The van der Waals surface area contributed by atoms with Crippen molar-refractivity contribution in [3.8, 4) is 11.5 Å². The van der Waals surface area contributed by atoms with Crippen molar-refractivity contribution >= 4 is 35.2 Å². The predicted molar refractivity (Wildman–Crippen MR) is 129 cm³/mol. The fourth-order valence-electron chi connectivity index (χ4n) is 4.17. The molecule has 1 saturated carbocycles. The number of amides is 3. The van der Waals surface area contributed by atoms with E-state index in [9.17, 15) is 14.4 Å². The van der Waals surface area contributed by atoms with E-state index >= 15 is 0 Å². The molecule has 1 aliphatic heterocycles. The fourth-order valence-corrected chi connectivity index (χ4v) is 4.17. The lowest BCUT2D eigenvalue weighted by Gasteiger charge is -2.24. The number of anilines is 1. The first-order chi connectivity index (χ1) is 16.9. The number of nitrogens with zero attached hydrogens (tertiary/aromatic N) is 4. The van der Waals surface area contributed by atoms with Crippen molar-refractivity contribution in [2.75, 3.05) is 26.1 Å². The molecule has 11 heteroatoms. The lowest BCUT2D eigenvalue weighted by Crippen LogP contribution is -2.38. The Kier molecular flexibility index (Phi) is 7.23. The van der Waals surface area contributed by atoms with Crippen molar-refractivity contribution < 1.29 is 23.9 Å². The monoisotopic (exact) mass is 480 g/mol. The summed E-state index contributed by atoms with van der Waals surface area (Å²) in [6.45, 7) is 1.98. The van der Waals surface area contributed by atoms with Crippen molar-refractivity contribution in [2.24, 2.45) is 15.9 Å². The van der Waals surface area contributed by atoms with Crippen LogP contribution < -0.4 is 20.1 Å². The fraction of sp³-hybridized carbons (Fsp3) is 0.417. The van der Waals surface area contributed by atoms with E-state index in [1.807, 2.05) is 12.1 Å². The summed E-state index contributed by atoms with van der Waals surface area (Å²) in [6.07, 6.45) is 3.93. The van der Waals surface area contributed by atoms with Gasteiger partial charge in [0.25, 0.3) is 11.9 Å². The molecule has 35 heavy (non-hydrogen) atoms. The largest absolute Gasteiger partial charge is 0.493 e. The molecule has 0 saturated heterocycles. The molecule has 1 aliphatic carbocycles. The number of aliphatic imine (C=N–C) groups is 2. The van der Waals surface area contributed by atoms with Crippen molar-refractivity contribution in [3.63, 3.8) is 0 Å². The second kappa shape index (κ2) is 10.5. The second-order valence-electron chi connectivity index (χ2n) is 8.38. The molecule has 4 rings (SSSR count). The minimum atomic E-state index is -0.857. The maximum Gasteiger partial charge on any atom is 0.314 e. The van der Waals surface area contributed by atoms with Crippen LogP contribution in [0.1, 0.15) is 36.9 Å². The van der Waals surface area contributed by atoms with E-state index in [2.05, 4.69) is 25.7 Å². The number of aromatic nitrogens is 2. The minimum Gasteiger partial charge on any atom is -0.493 e. The molecule has 0 spiro atoms. The molecule has 2 N–H and O–H groups in total. The number of hydrogen-bond acceptors (Lipinski definition) is 7. The Morgan fingerprint density at radius 2 is 1.89 bits per heavy atom. The molecular weight excluding hydrogens is 452 g/mol. The number of rotatable bonds is 6. The number of benzene rings is 1. The Bertz CT molecular complexity index is 1210. The highest BCUT2D eigenvalue weighted by Gasteiger charge is 2.32. The first kappa shape index (κ1) is 24.1. The number of hydrogen-bond donors (Lipinski definition) is 2. The van der Waals surface area contributed by atoms with Gasteiger partial charge in [-0.15, -0.1) is 0 Å². The molecule has 1 unspecified atom stereocenters. The van der Waals surface area contributed by atoms with Crippen molar-refractivity contribution in [1.82, 2.24) is 15.1 Å². The van der Waals surface area contributed by atoms with E-state index in [-0.39, 0.29) is 30.1 Å². The van der Waals surface area contributed by atoms with Crippen molar-refractivity contribution in [3.05, 3.63) is 35.5 Å².